The van der Waals surface area contributed by atoms with Crippen LogP contribution in [0.3, 0.4) is 0 Å². The minimum atomic E-state index is -0.925. The van der Waals surface area contributed by atoms with Crippen LogP contribution < -0.4 is 5.32 Å². The van der Waals surface area contributed by atoms with E-state index in [1.165, 1.54) is 0 Å². The van der Waals surface area contributed by atoms with Crippen molar-refractivity contribution in [1.82, 2.24) is 14.5 Å². The molecular formula is C15H20N4O2. The lowest BCUT2D eigenvalue weighted by Gasteiger charge is -2.36. The van der Waals surface area contributed by atoms with Gasteiger partial charge >= 0.3 is 5.97 Å². The summed E-state index contributed by atoms with van der Waals surface area (Å²) in [5, 5.41) is 12.9. The number of hydrogen-bond donors (Lipinski definition) is 2. The first-order valence-electron chi connectivity index (χ1n) is 7.29. The summed E-state index contributed by atoms with van der Waals surface area (Å²) in [7, 11) is 1.91. The van der Waals surface area contributed by atoms with Crippen molar-refractivity contribution in [2.45, 2.75) is 38.1 Å². The first kappa shape index (κ1) is 13.9. The molecule has 2 heterocycles. The number of fused-ring (bicyclic) bond motifs is 1. The Kier molecular flexibility index (Phi) is 3.31. The molecule has 112 valence electrons. The molecule has 0 bridgehead atoms. The number of carboxylic acid groups (broad SMARTS) is 1. The highest BCUT2D eigenvalue weighted by atomic mass is 16.4. The van der Waals surface area contributed by atoms with Crippen LogP contribution in [0.25, 0.3) is 11.0 Å². The molecule has 0 spiro atoms. The van der Waals surface area contributed by atoms with E-state index in [1.807, 2.05) is 17.7 Å². The Morgan fingerprint density at radius 3 is 2.81 bits per heavy atom. The predicted molar refractivity (Wildman–Crippen MR) is 80.1 cm³/mol. The maximum absolute atomic E-state index is 11.8. The number of pyridine rings is 1. The van der Waals surface area contributed by atoms with Crippen LogP contribution in [0.15, 0.2) is 18.6 Å². The number of carbonyl (C=O) groups is 1. The lowest BCUT2D eigenvalue weighted by Crippen LogP contribution is -2.49. The number of aromatic nitrogens is 3. The fourth-order valence-electron chi connectivity index (χ4n) is 3.03. The monoisotopic (exact) mass is 288 g/mol. The molecule has 1 fully saturated rings. The summed E-state index contributed by atoms with van der Waals surface area (Å²) < 4.78 is 1.90. The molecule has 0 aromatic carbocycles. The molecule has 1 aliphatic carbocycles. The van der Waals surface area contributed by atoms with Crippen molar-refractivity contribution in [3.63, 3.8) is 0 Å². The first-order chi connectivity index (χ1) is 10.0. The van der Waals surface area contributed by atoms with E-state index in [0.29, 0.717) is 24.6 Å². The van der Waals surface area contributed by atoms with Crippen LogP contribution in [0.2, 0.25) is 0 Å². The van der Waals surface area contributed by atoms with E-state index in [-0.39, 0.29) is 0 Å². The highest BCUT2D eigenvalue weighted by Gasteiger charge is 2.41. The van der Waals surface area contributed by atoms with E-state index in [9.17, 15) is 9.90 Å². The lowest BCUT2D eigenvalue weighted by atomic mass is 9.77. The van der Waals surface area contributed by atoms with Crippen molar-refractivity contribution in [3.8, 4) is 0 Å². The fraction of sp³-hybridized carbons (Fsp3) is 0.533. The highest BCUT2D eigenvalue weighted by Crippen LogP contribution is 2.35. The maximum atomic E-state index is 11.8. The molecule has 2 aromatic heterocycles. The van der Waals surface area contributed by atoms with Crippen molar-refractivity contribution in [2.75, 3.05) is 5.32 Å². The van der Waals surface area contributed by atoms with Crippen LogP contribution in [0.4, 0.5) is 5.82 Å². The molecule has 0 aliphatic heterocycles. The van der Waals surface area contributed by atoms with Gasteiger partial charge < -0.3 is 15.0 Å². The lowest BCUT2D eigenvalue weighted by molar-refractivity contribution is -0.143. The number of nitrogens with one attached hydrogen (secondary N) is 1. The van der Waals surface area contributed by atoms with E-state index in [4.69, 9.17) is 0 Å². The Morgan fingerprint density at radius 2 is 2.14 bits per heavy atom. The number of hydrogen-bond acceptors (Lipinski definition) is 4. The number of aliphatic carboxylic acids is 1. The second-order valence-electron chi connectivity index (χ2n) is 6.08. The standard InChI is InChI=1S/C15H20N4O2/c1-10-3-6-15(7-4-10,14(20)21)18-13-12-11(5-8-16-13)19(2)9-17-12/h5,8-10H,3-4,6-7H2,1-2H3,(H,16,18)(H,20,21). The van der Waals surface area contributed by atoms with Crippen LogP contribution in [0.1, 0.15) is 32.6 Å². The van der Waals surface area contributed by atoms with Gasteiger partial charge in [0.2, 0.25) is 0 Å². The number of rotatable bonds is 3. The van der Waals surface area contributed by atoms with Crippen LogP contribution in [-0.4, -0.2) is 31.1 Å². The zero-order valence-electron chi connectivity index (χ0n) is 12.3. The molecule has 6 heteroatoms. The van der Waals surface area contributed by atoms with E-state index < -0.39 is 11.5 Å². The molecule has 21 heavy (non-hydrogen) atoms. The van der Waals surface area contributed by atoms with Gasteiger partial charge in [-0.2, -0.15) is 0 Å². The average molecular weight is 288 g/mol. The van der Waals surface area contributed by atoms with Gasteiger partial charge in [0, 0.05) is 13.2 Å². The number of carboxylic acids is 1. The van der Waals surface area contributed by atoms with E-state index in [1.54, 1.807) is 12.5 Å². The molecule has 0 unspecified atom stereocenters. The second kappa shape index (κ2) is 5.02. The molecule has 1 saturated carbocycles. The molecular weight excluding hydrogens is 268 g/mol. The SMILES string of the molecule is CC1CCC(Nc2nccc3c2ncn3C)(C(=O)O)CC1. The average Bonchev–Trinajstić information content (AvgIpc) is 2.84. The van der Waals surface area contributed by atoms with E-state index in [0.717, 1.165) is 23.9 Å². The molecule has 6 nitrogen and oxygen atoms in total. The zero-order valence-corrected chi connectivity index (χ0v) is 12.3. The summed E-state index contributed by atoms with van der Waals surface area (Å²) >= 11 is 0. The maximum Gasteiger partial charge on any atom is 0.329 e. The topological polar surface area (TPSA) is 80.0 Å². The predicted octanol–water partition coefficient (Wildman–Crippen LogP) is 2.41. The summed E-state index contributed by atoms with van der Waals surface area (Å²) in [6, 6.07) is 1.88. The largest absolute Gasteiger partial charge is 0.480 e. The first-order valence-corrected chi connectivity index (χ1v) is 7.29. The Hall–Kier alpha value is -2.11. The third kappa shape index (κ3) is 2.34. The van der Waals surface area contributed by atoms with Crippen molar-refractivity contribution in [2.24, 2.45) is 13.0 Å². The number of aryl methyl sites for hydroxylation is 1. The van der Waals surface area contributed by atoms with Gasteiger partial charge in [0.15, 0.2) is 5.82 Å². The zero-order chi connectivity index (χ0) is 15.0. The van der Waals surface area contributed by atoms with Crippen LogP contribution in [-0.2, 0) is 11.8 Å². The summed E-state index contributed by atoms with van der Waals surface area (Å²) in [5.41, 5.74) is 0.738. The van der Waals surface area contributed by atoms with Gasteiger partial charge in [-0.1, -0.05) is 6.92 Å². The van der Waals surface area contributed by atoms with Gasteiger partial charge in [-0.25, -0.2) is 14.8 Å². The number of imidazole rings is 1. The normalized spacial score (nSPS) is 25.9. The molecule has 3 rings (SSSR count). The van der Waals surface area contributed by atoms with E-state index in [2.05, 4.69) is 22.2 Å². The summed E-state index contributed by atoms with van der Waals surface area (Å²) in [4.78, 5) is 20.5. The Bertz CT molecular complexity index is 671. The van der Waals surface area contributed by atoms with Crippen molar-refractivity contribution in [3.05, 3.63) is 18.6 Å². The molecule has 2 N–H and O–H groups in total. The minimum Gasteiger partial charge on any atom is -0.480 e. The van der Waals surface area contributed by atoms with E-state index >= 15 is 0 Å². The van der Waals surface area contributed by atoms with Crippen LogP contribution in [0.5, 0.6) is 0 Å². The van der Waals surface area contributed by atoms with Crippen molar-refractivity contribution >= 4 is 22.8 Å². The van der Waals surface area contributed by atoms with Gasteiger partial charge in [0.25, 0.3) is 0 Å². The molecule has 0 atom stereocenters. The van der Waals surface area contributed by atoms with Crippen molar-refractivity contribution in [1.29, 1.82) is 0 Å². The Labute approximate surface area is 123 Å². The van der Waals surface area contributed by atoms with Gasteiger partial charge in [-0.15, -0.1) is 0 Å². The van der Waals surface area contributed by atoms with Gasteiger partial charge in [0.05, 0.1) is 11.8 Å². The fourth-order valence-corrected chi connectivity index (χ4v) is 3.03. The Morgan fingerprint density at radius 1 is 1.43 bits per heavy atom. The van der Waals surface area contributed by atoms with Gasteiger partial charge in [-0.05, 0) is 37.7 Å². The minimum absolute atomic E-state index is 0.560. The van der Waals surface area contributed by atoms with Crippen LogP contribution >= 0.6 is 0 Å². The van der Waals surface area contributed by atoms with Gasteiger partial charge in [-0.3, -0.25) is 0 Å². The Balaban J connectivity index is 1.97. The quantitative estimate of drug-likeness (QED) is 0.906. The molecule has 1 aliphatic rings. The molecule has 0 amide bonds. The smallest absolute Gasteiger partial charge is 0.329 e. The third-order valence-electron chi connectivity index (χ3n) is 4.54. The van der Waals surface area contributed by atoms with Crippen LogP contribution in [0, 0.1) is 5.92 Å². The summed E-state index contributed by atoms with van der Waals surface area (Å²) in [6.45, 7) is 2.17. The number of anilines is 1. The summed E-state index contributed by atoms with van der Waals surface area (Å²) in [6.07, 6.45) is 6.47. The van der Waals surface area contributed by atoms with Gasteiger partial charge in [0.1, 0.15) is 11.1 Å². The molecule has 0 saturated heterocycles. The number of nitrogens with zero attached hydrogens (tertiary/aromatic N) is 3. The molecule has 0 radical (unpaired) electrons. The van der Waals surface area contributed by atoms with Crippen molar-refractivity contribution < 1.29 is 9.90 Å². The highest BCUT2D eigenvalue weighted by molar-refractivity contribution is 5.90. The second-order valence-corrected chi connectivity index (χ2v) is 6.08. The third-order valence-corrected chi connectivity index (χ3v) is 4.54. The summed E-state index contributed by atoms with van der Waals surface area (Å²) in [5.74, 6) is 0.340. The molecule has 2 aromatic rings.